The van der Waals surface area contributed by atoms with E-state index in [-0.39, 0.29) is 22.1 Å². The number of amides is 1. The van der Waals surface area contributed by atoms with Crippen LogP contribution >= 0.6 is 11.3 Å². The molecule has 0 saturated carbocycles. The predicted octanol–water partition coefficient (Wildman–Crippen LogP) is 2.85. The maximum Gasteiger partial charge on any atom is 0.241 e. The average Bonchev–Trinajstić information content (AvgIpc) is 2.88. The second kappa shape index (κ2) is 6.92. The van der Waals surface area contributed by atoms with E-state index in [0.29, 0.717) is 29.0 Å². The molecular weight excluding hydrogens is 372 g/mol. The molecule has 0 atom stereocenters. The average molecular weight is 393 g/mol. The van der Waals surface area contributed by atoms with E-state index in [0.717, 1.165) is 11.3 Å². The maximum absolute atomic E-state index is 12.2. The molecule has 0 radical (unpaired) electrons. The molecule has 0 saturated heterocycles. The Labute approximate surface area is 156 Å². The summed E-state index contributed by atoms with van der Waals surface area (Å²) < 4.78 is 24.4. The van der Waals surface area contributed by atoms with Gasteiger partial charge in [-0.3, -0.25) is 9.59 Å². The van der Waals surface area contributed by atoms with Gasteiger partial charge < -0.3 is 5.32 Å². The highest BCUT2D eigenvalue weighted by Gasteiger charge is 2.34. The maximum atomic E-state index is 12.2. The van der Waals surface area contributed by atoms with Crippen LogP contribution in [0.1, 0.15) is 41.2 Å². The van der Waals surface area contributed by atoms with Gasteiger partial charge in [-0.25, -0.2) is 13.4 Å². The molecule has 0 unspecified atom stereocenters. The van der Waals surface area contributed by atoms with E-state index in [1.54, 1.807) is 30.3 Å². The first-order valence-corrected chi connectivity index (χ1v) is 10.8. The molecule has 1 aromatic carbocycles. The summed E-state index contributed by atoms with van der Waals surface area (Å²) in [6.45, 7) is 4.00. The zero-order valence-electron chi connectivity index (χ0n) is 14.6. The van der Waals surface area contributed by atoms with Gasteiger partial charge in [-0.05, 0) is 17.4 Å². The Morgan fingerprint density at radius 1 is 1.23 bits per heavy atom. The van der Waals surface area contributed by atoms with Crippen LogP contribution in [-0.4, -0.2) is 30.8 Å². The van der Waals surface area contributed by atoms with Crippen LogP contribution in [0.25, 0.3) is 0 Å². The second-order valence-electron chi connectivity index (χ2n) is 7.30. The fourth-order valence-corrected chi connectivity index (χ4v) is 5.22. The molecule has 1 heterocycles. The second-order valence-corrected chi connectivity index (χ2v) is 10.4. The van der Waals surface area contributed by atoms with E-state index in [1.165, 1.54) is 0 Å². The van der Waals surface area contributed by atoms with Gasteiger partial charge in [0.2, 0.25) is 5.91 Å². The fraction of sp³-hybridized carbons (Fsp3) is 0.389. The van der Waals surface area contributed by atoms with Gasteiger partial charge >= 0.3 is 0 Å². The van der Waals surface area contributed by atoms with Crippen LogP contribution in [0.4, 0.5) is 5.13 Å². The molecule has 2 aromatic rings. The van der Waals surface area contributed by atoms with Crippen molar-refractivity contribution in [2.24, 2.45) is 5.41 Å². The van der Waals surface area contributed by atoms with E-state index in [9.17, 15) is 18.0 Å². The third-order valence-corrected chi connectivity index (χ3v) is 6.59. The molecule has 138 valence electrons. The predicted molar refractivity (Wildman–Crippen MR) is 101 cm³/mol. The first-order chi connectivity index (χ1) is 12.1. The number of fused-ring (bicyclic) bond motifs is 1. The van der Waals surface area contributed by atoms with Crippen LogP contribution in [0.5, 0.6) is 0 Å². The zero-order chi connectivity index (χ0) is 18.9. The van der Waals surface area contributed by atoms with Crippen molar-refractivity contribution in [1.82, 2.24) is 4.98 Å². The topological polar surface area (TPSA) is 93.2 Å². The molecule has 8 heteroatoms. The van der Waals surface area contributed by atoms with Crippen LogP contribution in [0.15, 0.2) is 30.3 Å². The van der Waals surface area contributed by atoms with Crippen LogP contribution in [0.2, 0.25) is 0 Å². The molecule has 0 fully saturated rings. The quantitative estimate of drug-likeness (QED) is 0.844. The summed E-state index contributed by atoms with van der Waals surface area (Å²) in [5, 5.41) is 2.80. The van der Waals surface area contributed by atoms with Gasteiger partial charge in [0, 0.05) is 6.42 Å². The molecule has 1 aromatic heterocycles. The van der Waals surface area contributed by atoms with Gasteiger partial charge in [0.15, 0.2) is 20.8 Å². The molecule has 1 aliphatic rings. The zero-order valence-corrected chi connectivity index (χ0v) is 16.2. The molecule has 0 bridgehead atoms. The number of hydrogen-bond acceptors (Lipinski definition) is 6. The van der Waals surface area contributed by atoms with Crippen LogP contribution in [0, 0.1) is 5.41 Å². The van der Waals surface area contributed by atoms with Gasteiger partial charge in [0.1, 0.15) is 5.75 Å². The molecule has 6 nitrogen and oxygen atoms in total. The highest BCUT2D eigenvalue weighted by atomic mass is 32.2. The SMILES string of the molecule is CC1(C)CC(=O)c2sc(NC(=O)CS(=O)(=O)Cc3ccccc3)nc2C1. The Hall–Kier alpha value is -2.06. The number of sulfone groups is 1. The fourth-order valence-electron chi connectivity index (χ4n) is 3.01. The number of nitrogens with one attached hydrogen (secondary N) is 1. The molecule has 1 aliphatic carbocycles. The summed E-state index contributed by atoms with van der Waals surface area (Å²) in [7, 11) is -3.59. The van der Waals surface area contributed by atoms with E-state index in [1.807, 2.05) is 13.8 Å². The Balaban J connectivity index is 1.67. The van der Waals surface area contributed by atoms with Crippen molar-refractivity contribution in [1.29, 1.82) is 0 Å². The standard InChI is InChI=1S/C18H20N2O4S2/c1-18(2)8-13-16(14(21)9-18)25-17(19-13)20-15(22)11-26(23,24)10-12-6-4-3-5-7-12/h3-7H,8-11H2,1-2H3,(H,19,20,22). The largest absolute Gasteiger partial charge is 0.301 e. The van der Waals surface area contributed by atoms with Crippen molar-refractivity contribution in [3.63, 3.8) is 0 Å². The Morgan fingerprint density at radius 2 is 1.92 bits per heavy atom. The Bertz CT molecular complexity index is 947. The van der Waals surface area contributed by atoms with Crippen molar-refractivity contribution in [3.8, 4) is 0 Å². The molecule has 0 spiro atoms. The van der Waals surface area contributed by atoms with Crippen LogP contribution < -0.4 is 5.32 Å². The number of anilines is 1. The number of nitrogens with zero attached hydrogens (tertiary/aromatic N) is 1. The molecular formula is C18H20N2O4S2. The molecule has 26 heavy (non-hydrogen) atoms. The third-order valence-electron chi connectivity index (χ3n) is 4.06. The van der Waals surface area contributed by atoms with Gasteiger partial charge in [0.05, 0.1) is 16.3 Å². The van der Waals surface area contributed by atoms with E-state index >= 15 is 0 Å². The third kappa shape index (κ3) is 4.56. The highest BCUT2D eigenvalue weighted by Crippen LogP contribution is 2.38. The molecule has 3 rings (SSSR count). The number of benzene rings is 1. The number of ketones is 1. The van der Waals surface area contributed by atoms with Gasteiger partial charge in [-0.1, -0.05) is 55.5 Å². The number of rotatable bonds is 5. The number of Topliss-reactive ketones (excluding diaryl/α,β-unsaturated/α-hetero) is 1. The van der Waals surface area contributed by atoms with Crippen molar-refractivity contribution in [2.45, 2.75) is 32.4 Å². The van der Waals surface area contributed by atoms with Crippen molar-refractivity contribution in [3.05, 3.63) is 46.5 Å². The normalized spacial score (nSPS) is 16.2. The van der Waals surface area contributed by atoms with E-state index < -0.39 is 21.5 Å². The lowest BCUT2D eigenvalue weighted by molar-refractivity contribution is -0.113. The lowest BCUT2D eigenvalue weighted by Crippen LogP contribution is -2.26. The van der Waals surface area contributed by atoms with Crippen molar-refractivity contribution in [2.75, 3.05) is 11.1 Å². The summed E-state index contributed by atoms with van der Waals surface area (Å²) in [5.74, 6) is -1.43. The monoisotopic (exact) mass is 392 g/mol. The lowest BCUT2D eigenvalue weighted by Gasteiger charge is -2.26. The van der Waals surface area contributed by atoms with Crippen LogP contribution in [-0.2, 0) is 26.8 Å². The minimum Gasteiger partial charge on any atom is -0.301 e. The summed E-state index contributed by atoms with van der Waals surface area (Å²) in [6, 6.07) is 8.72. The Kier molecular flexibility index (Phi) is 4.98. The minimum atomic E-state index is -3.59. The summed E-state index contributed by atoms with van der Waals surface area (Å²) in [5.41, 5.74) is 1.16. The molecule has 0 aliphatic heterocycles. The van der Waals surface area contributed by atoms with Gasteiger partial charge in [-0.2, -0.15) is 0 Å². The van der Waals surface area contributed by atoms with E-state index in [2.05, 4.69) is 10.3 Å². The van der Waals surface area contributed by atoms with Gasteiger partial charge in [-0.15, -0.1) is 0 Å². The summed E-state index contributed by atoms with van der Waals surface area (Å²) >= 11 is 1.12. The Morgan fingerprint density at radius 3 is 2.62 bits per heavy atom. The minimum absolute atomic E-state index is 0.0194. The first-order valence-electron chi connectivity index (χ1n) is 8.21. The highest BCUT2D eigenvalue weighted by molar-refractivity contribution is 7.91. The number of carbonyl (C=O) groups excluding carboxylic acids is 2. The van der Waals surface area contributed by atoms with Crippen LogP contribution in [0.3, 0.4) is 0 Å². The first kappa shape index (κ1) is 18.7. The summed E-state index contributed by atoms with van der Waals surface area (Å²) in [4.78, 5) is 29.2. The summed E-state index contributed by atoms with van der Waals surface area (Å²) in [6.07, 6.45) is 1.10. The van der Waals surface area contributed by atoms with Crippen molar-refractivity contribution < 1.29 is 18.0 Å². The van der Waals surface area contributed by atoms with Crippen molar-refractivity contribution >= 4 is 38.0 Å². The van der Waals surface area contributed by atoms with Gasteiger partial charge in [0.25, 0.3) is 0 Å². The lowest BCUT2D eigenvalue weighted by atomic mass is 9.78. The van der Waals surface area contributed by atoms with E-state index in [4.69, 9.17) is 0 Å². The molecule has 1 amide bonds. The number of thiazole rings is 1. The smallest absolute Gasteiger partial charge is 0.241 e. The number of aromatic nitrogens is 1. The number of hydrogen-bond donors (Lipinski definition) is 1. The molecule has 1 N–H and O–H groups in total. The number of carbonyl (C=O) groups is 2.